The number of nitrogens with zero attached hydrogens (tertiary/aromatic N) is 1. The lowest BCUT2D eigenvalue weighted by Gasteiger charge is -2.71. The summed E-state index contributed by atoms with van der Waals surface area (Å²) in [5.41, 5.74) is -4.05. The zero-order valence-corrected chi connectivity index (χ0v) is 34.7. The molecule has 8 atom stereocenters. The van der Waals surface area contributed by atoms with E-state index < -0.39 is 55.5 Å². The quantitative estimate of drug-likeness (QED) is 0.153. The molecule has 6 aliphatic rings. The normalized spacial score (nSPS) is 34.0. The van der Waals surface area contributed by atoms with Crippen molar-refractivity contribution in [2.45, 2.75) is 83.2 Å². The standard InChI is InChI=1S/C44H49ClF3NO8S/c1-39-15-12-28(50)22-41(39)18-19-43(31(23-41)38(51)34-11-10-33(57-34)30-20-27(44(46,47)48)7-9-32(30)45)36(39)13-16-40(2)37(43)14-17-42(40,52)25-49(58(5,53)54)24-26-6-8-29(55-3)21-35(26)56-4/h6-11,18-21,23,28,36-37,50,52H,12-17,22,24-25H2,1-5H3. The summed E-state index contributed by atoms with van der Waals surface area (Å²) >= 11 is 6.37. The van der Waals surface area contributed by atoms with Crippen molar-refractivity contribution in [3.8, 4) is 22.8 Å². The number of carbonyl (C=O) groups excluding carboxylic acids is 1. The molecule has 3 saturated carbocycles. The van der Waals surface area contributed by atoms with Crippen molar-refractivity contribution in [3.05, 3.63) is 94.2 Å². The summed E-state index contributed by atoms with van der Waals surface area (Å²) in [6, 6.07) is 11.0. The van der Waals surface area contributed by atoms with E-state index in [1.165, 1.54) is 30.7 Å². The number of methoxy groups -OCH3 is 2. The Morgan fingerprint density at radius 2 is 1.67 bits per heavy atom. The van der Waals surface area contributed by atoms with Crippen molar-refractivity contribution < 1.29 is 50.5 Å². The summed E-state index contributed by atoms with van der Waals surface area (Å²) in [7, 11) is -0.832. The predicted molar refractivity (Wildman–Crippen MR) is 212 cm³/mol. The van der Waals surface area contributed by atoms with Crippen molar-refractivity contribution in [2.75, 3.05) is 27.0 Å². The highest BCUT2D eigenvalue weighted by Gasteiger charge is 2.74. The predicted octanol–water partition coefficient (Wildman–Crippen LogP) is 8.87. The fourth-order valence-electron chi connectivity index (χ4n) is 12.0. The lowest BCUT2D eigenvalue weighted by atomic mass is 9.32. The number of rotatable bonds is 10. The Labute approximate surface area is 341 Å². The van der Waals surface area contributed by atoms with E-state index >= 15 is 4.79 Å². The first-order chi connectivity index (χ1) is 27.1. The van der Waals surface area contributed by atoms with Crippen molar-refractivity contribution in [1.29, 1.82) is 0 Å². The van der Waals surface area contributed by atoms with Gasteiger partial charge in [0.2, 0.25) is 15.8 Å². The highest BCUT2D eigenvalue weighted by atomic mass is 35.5. The number of alkyl halides is 3. The third-order valence-electron chi connectivity index (χ3n) is 15.1. The molecule has 9 rings (SSSR count). The van der Waals surface area contributed by atoms with E-state index in [0.717, 1.165) is 30.9 Å². The van der Waals surface area contributed by atoms with Crippen LogP contribution in [-0.2, 0) is 22.7 Å². The molecule has 2 aromatic carbocycles. The van der Waals surface area contributed by atoms with E-state index in [1.54, 1.807) is 18.2 Å². The molecule has 2 bridgehead atoms. The van der Waals surface area contributed by atoms with Crippen LogP contribution in [0, 0.1) is 33.5 Å². The van der Waals surface area contributed by atoms with Crippen molar-refractivity contribution >= 4 is 27.4 Å². The number of hydrogen-bond acceptors (Lipinski definition) is 8. The molecule has 312 valence electrons. The Hall–Kier alpha value is -3.62. The minimum Gasteiger partial charge on any atom is -0.497 e. The lowest BCUT2D eigenvalue weighted by molar-refractivity contribution is -0.174. The van der Waals surface area contributed by atoms with Gasteiger partial charge in [-0.15, -0.1) is 0 Å². The average molecular weight is 844 g/mol. The van der Waals surface area contributed by atoms with E-state index in [4.69, 9.17) is 25.5 Å². The number of aliphatic hydroxyl groups is 2. The topological polar surface area (TPSA) is 127 Å². The summed E-state index contributed by atoms with van der Waals surface area (Å²) in [5.74, 6) is 0.160. The third kappa shape index (κ3) is 6.03. The fourth-order valence-corrected chi connectivity index (χ4v) is 13.0. The largest absolute Gasteiger partial charge is 0.497 e. The number of aliphatic hydroxyl groups excluding tert-OH is 1. The Balaban J connectivity index is 1.20. The minimum atomic E-state index is -4.62. The Bertz CT molecular complexity index is 2340. The number of fused-ring (bicyclic) bond motifs is 1. The number of sulfonamides is 1. The smallest absolute Gasteiger partial charge is 0.416 e. The van der Waals surface area contributed by atoms with Gasteiger partial charge in [-0.25, -0.2) is 8.42 Å². The molecule has 14 heteroatoms. The average Bonchev–Trinajstić information content (AvgIpc) is 3.76. The summed E-state index contributed by atoms with van der Waals surface area (Å²) < 4.78 is 86.4. The number of ketones is 1. The van der Waals surface area contributed by atoms with Crippen LogP contribution in [0.3, 0.4) is 0 Å². The van der Waals surface area contributed by atoms with Gasteiger partial charge in [0.05, 0.1) is 42.8 Å². The van der Waals surface area contributed by atoms with Crippen LogP contribution in [0.1, 0.15) is 80.5 Å². The van der Waals surface area contributed by atoms with Gasteiger partial charge >= 0.3 is 6.18 Å². The van der Waals surface area contributed by atoms with Gasteiger partial charge in [0, 0.05) is 52.1 Å². The van der Waals surface area contributed by atoms with E-state index in [2.05, 4.69) is 19.1 Å². The Kier molecular flexibility index (Phi) is 9.72. The van der Waals surface area contributed by atoms with Crippen molar-refractivity contribution in [2.24, 2.45) is 33.5 Å². The second-order valence-corrected chi connectivity index (χ2v) is 20.1. The first kappa shape index (κ1) is 41.1. The molecule has 2 spiro atoms. The van der Waals surface area contributed by atoms with Gasteiger partial charge in [-0.2, -0.15) is 17.5 Å². The maximum Gasteiger partial charge on any atom is 0.416 e. The summed E-state index contributed by atoms with van der Waals surface area (Å²) in [6.45, 7) is 4.03. The summed E-state index contributed by atoms with van der Waals surface area (Å²) in [4.78, 5) is 15.1. The van der Waals surface area contributed by atoms with Gasteiger partial charge in [0.1, 0.15) is 17.3 Å². The number of halogens is 4. The highest BCUT2D eigenvalue weighted by Crippen LogP contribution is 2.78. The van der Waals surface area contributed by atoms with Crippen LogP contribution >= 0.6 is 11.6 Å². The highest BCUT2D eigenvalue weighted by molar-refractivity contribution is 7.88. The fraction of sp³-hybridized carbons (Fsp3) is 0.523. The van der Waals surface area contributed by atoms with E-state index in [0.29, 0.717) is 54.7 Å². The zero-order valence-electron chi connectivity index (χ0n) is 33.2. The molecule has 0 amide bonds. The number of Topliss-reactive ketones (excluding diaryl/α,β-unsaturated/α-hetero) is 1. The molecule has 58 heavy (non-hydrogen) atoms. The SMILES string of the molecule is COc1ccc(CN(CC2(O)CCC3C45C=CC6(C=C4C(=O)c4ccc(-c7cc(C(F)(F)F)ccc7Cl)o4)CC(O)CCC6(C)C5CCC32C)S(C)(=O)=O)c(OC)c1. The summed E-state index contributed by atoms with van der Waals surface area (Å²) in [5, 5.41) is 24.1. The van der Waals surface area contributed by atoms with Crippen LogP contribution in [0.4, 0.5) is 13.2 Å². The number of benzene rings is 2. The summed E-state index contributed by atoms with van der Waals surface area (Å²) in [6.07, 6.45) is 5.97. The molecule has 2 N–H and O–H groups in total. The molecule has 1 aromatic heterocycles. The maximum absolute atomic E-state index is 15.1. The Morgan fingerprint density at radius 1 is 0.966 bits per heavy atom. The molecule has 8 unspecified atom stereocenters. The van der Waals surface area contributed by atoms with Crippen LogP contribution in [0.5, 0.6) is 11.5 Å². The number of carbonyl (C=O) groups is 1. The van der Waals surface area contributed by atoms with Crippen LogP contribution < -0.4 is 9.47 Å². The molecule has 1 heterocycles. The first-order valence-corrected chi connectivity index (χ1v) is 21.9. The number of ether oxygens (including phenoxy) is 2. The number of allylic oxidation sites excluding steroid dienone is 4. The molecule has 9 nitrogen and oxygen atoms in total. The minimum absolute atomic E-state index is 0.000910. The third-order valence-corrected chi connectivity index (χ3v) is 16.6. The molecular weight excluding hydrogens is 795 g/mol. The maximum atomic E-state index is 15.1. The molecule has 0 saturated heterocycles. The zero-order chi connectivity index (χ0) is 41.8. The van der Waals surface area contributed by atoms with Gasteiger partial charge in [0.15, 0.2) is 5.76 Å². The van der Waals surface area contributed by atoms with Gasteiger partial charge < -0.3 is 24.1 Å². The molecule has 0 aliphatic heterocycles. The van der Waals surface area contributed by atoms with Crippen LogP contribution in [0.2, 0.25) is 5.02 Å². The van der Waals surface area contributed by atoms with E-state index in [-0.39, 0.29) is 58.9 Å². The first-order valence-electron chi connectivity index (χ1n) is 19.7. The van der Waals surface area contributed by atoms with Crippen molar-refractivity contribution in [3.63, 3.8) is 0 Å². The van der Waals surface area contributed by atoms with E-state index in [9.17, 15) is 31.8 Å². The molecule has 0 radical (unpaired) electrons. The van der Waals surface area contributed by atoms with Gasteiger partial charge in [0.25, 0.3) is 0 Å². The van der Waals surface area contributed by atoms with Crippen LogP contribution in [0.25, 0.3) is 11.3 Å². The second-order valence-electron chi connectivity index (χ2n) is 17.7. The lowest BCUT2D eigenvalue weighted by Crippen LogP contribution is -2.67. The van der Waals surface area contributed by atoms with E-state index in [1.807, 2.05) is 13.0 Å². The van der Waals surface area contributed by atoms with Gasteiger partial charge in [-0.1, -0.05) is 49.7 Å². The number of hydrogen-bond donors (Lipinski definition) is 2. The second kappa shape index (κ2) is 13.7. The molecule has 6 aliphatic carbocycles. The van der Waals surface area contributed by atoms with Crippen LogP contribution in [0.15, 0.2) is 76.7 Å². The van der Waals surface area contributed by atoms with Crippen molar-refractivity contribution in [1.82, 2.24) is 4.31 Å². The monoisotopic (exact) mass is 843 g/mol. The Morgan fingerprint density at radius 3 is 2.36 bits per heavy atom. The molecular formula is C44H49ClF3NO8S. The van der Waals surface area contributed by atoms with Gasteiger partial charge in [-0.05, 0) is 98.6 Å². The van der Waals surface area contributed by atoms with Gasteiger partial charge in [-0.3, -0.25) is 4.79 Å². The molecule has 3 fully saturated rings. The van der Waals surface area contributed by atoms with Crippen LogP contribution in [-0.4, -0.2) is 67.4 Å². The molecule has 3 aromatic rings. The number of furan rings is 1.